The summed E-state index contributed by atoms with van der Waals surface area (Å²) in [5.41, 5.74) is 0. The van der Waals surface area contributed by atoms with Crippen molar-refractivity contribution in [3.8, 4) is 0 Å². The first-order chi connectivity index (χ1) is 6.42. The molecule has 1 aliphatic heterocycles. The van der Waals surface area contributed by atoms with E-state index >= 15 is 0 Å². The second-order valence-electron chi connectivity index (χ2n) is 2.74. The van der Waals surface area contributed by atoms with E-state index in [0.717, 1.165) is 0 Å². The van der Waals surface area contributed by atoms with Crippen molar-refractivity contribution in [2.24, 2.45) is 9.98 Å². The van der Waals surface area contributed by atoms with Crippen LogP contribution in [0.5, 0.6) is 0 Å². The first-order valence-corrected chi connectivity index (χ1v) is 5.50. The molecular formula is C7H9N2NaO5S2. The number of fused-ring (bicyclic) bond motifs is 1. The molecule has 0 fully saturated rings. The molecule has 1 heterocycles. The Kier molecular flexibility index (Phi) is 7.11. The average Bonchev–Trinajstić information content (AvgIpc) is 2.40. The monoisotopic (exact) mass is 288 g/mol. The summed E-state index contributed by atoms with van der Waals surface area (Å²) in [4.78, 5) is 7.30. The fraction of sp³-hybridized carbons (Fsp3) is 0.143. The van der Waals surface area contributed by atoms with Crippen LogP contribution in [0.1, 0.15) is 0 Å². The molecule has 7 nitrogen and oxygen atoms in total. The smallest absolute Gasteiger partial charge is 0.744 e. The van der Waals surface area contributed by atoms with Gasteiger partial charge in [-0.25, -0.2) is 18.4 Å². The second-order valence-corrected chi connectivity index (χ2v) is 5.14. The number of thiol groups is 1. The summed E-state index contributed by atoms with van der Waals surface area (Å²) in [6.45, 7) is 0. The molecule has 10 heteroatoms. The zero-order valence-corrected chi connectivity index (χ0v) is 12.5. The Balaban J connectivity index is 0. The van der Waals surface area contributed by atoms with Crippen LogP contribution in [-0.4, -0.2) is 28.2 Å². The van der Waals surface area contributed by atoms with E-state index in [2.05, 4.69) is 22.6 Å². The third-order valence-electron chi connectivity index (χ3n) is 1.75. The van der Waals surface area contributed by atoms with Crippen molar-refractivity contribution in [2.75, 3.05) is 0 Å². The van der Waals surface area contributed by atoms with E-state index in [9.17, 15) is 13.0 Å². The van der Waals surface area contributed by atoms with Gasteiger partial charge in [0.15, 0.2) is 10.1 Å². The van der Waals surface area contributed by atoms with Crippen molar-refractivity contribution in [3.05, 3.63) is 35.0 Å². The Morgan fingerprint density at radius 2 is 1.47 bits per heavy atom. The molecular weight excluding hydrogens is 279 g/mol. The van der Waals surface area contributed by atoms with Crippen molar-refractivity contribution in [3.63, 3.8) is 0 Å². The van der Waals surface area contributed by atoms with Crippen LogP contribution in [0.3, 0.4) is 0 Å². The Hall–Kier alpha value is -0.000000000000000222. The molecule has 0 spiro atoms. The van der Waals surface area contributed by atoms with Crippen molar-refractivity contribution >= 4 is 22.7 Å². The van der Waals surface area contributed by atoms with E-state index in [4.69, 9.17) is 0 Å². The van der Waals surface area contributed by atoms with Crippen LogP contribution in [0.4, 0.5) is 0 Å². The first-order valence-electron chi connectivity index (χ1n) is 3.65. The van der Waals surface area contributed by atoms with Gasteiger partial charge < -0.3 is 15.5 Å². The fourth-order valence-corrected chi connectivity index (χ4v) is 1.74. The second kappa shape index (κ2) is 6.25. The summed E-state index contributed by atoms with van der Waals surface area (Å²) >= 11 is 3.67. The van der Waals surface area contributed by atoms with Gasteiger partial charge in [0.2, 0.25) is 0 Å². The third-order valence-corrected chi connectivity index (χ3v) is 3.47. The van der Waals surface area contributed by atoms with E-state index in [0.29, 0.717) is 10.7 Å². The molecule has 0 unspecified atom stereocenters. The van der Waals surface area contributed by atoms with Crippen molar-refractivity contribution in [1.82, 2.24) is 0 Å². The molecule has 0 aromatic heterocycles. The standard InChI is InChI=1S/C7H6N2O3S2.Na.2H2O/c10-14(11,12)7(13)8-5-3-1-2-4-6(5)9-7;;;/h1-4,13H,(H,10,11,12);;2*1H2/q;+1;;/p-1. The summed E-state index contributed by atoms with van der Waals surface area (Å²) in [6, 6.07) is 6.49. The van der Waals surface area contributed by atoms with Crippen LogP contribution in [0.15, 0.2) is 34.3 Å². The quantitative estimate of drug-likeness (QED) is 0.312. The Bertz CT molecular complexity index is 568. The molecule has 1 aromatic carbocycles. The van der Waals surface area contributed by atoms with Crippen LogP contribution in [0.25, 0.3) is 0 Å². The third kappa shape index (κ3) is 3.48. The van der Waals surface area contributed by atoms with Crippen molar-refractivity contribution < 1.29 is 53.5 Å². The topological polar surface area (TPSA) is 145 Å². The molecule has 0 bridgehead atoms. The summed E-state index contributed by atoms with van der Waals surface area (Å²) in [7, 11) is -4.69. The Labute approximate surface area is 125 Å². The molecule has 90 valence electrons. The van der Waals surface area contributed by atoms with Gasteiger partial charge in [-0.2, -0.15) is 0 Å². The predicted octanol–water partition coefficient (Wildman–Crippen LogP) is -5.62. The van der Waals surface area contributed by atoms with Gasteiger partial charge in [0.25, 0.3) is 4.33 Å². The van der Waals surface area contributed by atoms with Gasteiger partial charge in [0.1, 0.15) is 0 Å². The molecule has 1 aliphatic rings. The summed E-state index contributed by atoms with van der Waals surface area (Å²) in [6.07, 6.45) is 0. The van der Waals surface area contributed by atoms with E-state index in [1.807, 2.05) is 0 Å². The van der Waals surface area contributed by atoms with Gasteiger partial charge in [-0.15, -0.1) is 12.6 Å². The van der Waals surface area contributed by atoms with Gasteiger partial charge in [-0.3, -0.25) is 0 Å². The molecule has 2 rings (SSSR count). The molecule has 0 radical (unpaired) electrons. The van der Waals surface area contributed by atoms with Gasteiger partial charge in [0, 0.05) is 0 Å². The maximum Gasteiger partial charge on any atom is 1.00 e. The molecule has 0 saturated carbocycles. The van der Waals surface area contributed by atoms with Crippen LogP contribution < -0.4 is 40.3 Å². The number of hydrogen-bond donors (Lipinski definition) is 1. The Morgan fingerprint density at radius 3 is 1.76 bits per heavy atom. The molecule has 0 atom stereocenters. The van der Waals surface area contributed by atoms with Gasteiger partial charge in [-0.1, -0.05) is 12.1 Å². The van der Waals surface area contributed by atoms with E-state index in [1.54, 1.807) is 24.3 Å². The van der Waals surface area contributed by atoms with Crippen LogP contribution in [0, 0.1) is 0 Å². The zero-order chi connectivity index (χ0) is 10.4. The maximum absolute atomic E-state index is 10.8. The number of rotatable bonds is 1. The molecule has 4 N–H and O–H groups in total. The normalized spacial score (nSPS) is 14.9. The van der Waals surface area contributed by atoms with E-state index < -0.39 is 14.4 Å². The average molecular weight is 288 g/mol. The summed E-state index contributed by atoms with van der Waals surface area (Å²) in [5.74, 6) is 0. The maximum atomic E-state index is 10.8. The van der Waals surface area contributed by atoms with Crippen molar-refractivity contribution in [2.45, 2.75) is 4.33 Å². The minimum absolute atomic E-state index is 0. The van der Waals surface area contributed by atoms with Crippen LogP contribution >= 0.6 is 12.6 Å². The molecule has 0 saturated heterocycles. The largest absolute Gasteiger partial charge is 1.00 e. The molecule has 0 amide bonds. The van der Waals surface area contributed by atoms with Crippen LogP contribution in [0.2, 0.25) is 0 Å². The molecule has 17 heavy (non-hydrogen) atoms. The van der Waals surface area contributed by atoms with E-state index in [1.165, 1.54) is 0 Å². The number of hydrogen-bond acceptors (Lipinski definition) is 6. The van der Waals surface area contributed by atoms with Gasteiger partial charge in [0.05, 0.1) is 10.7 Å². The number of para-hydroxylation sites is 2. The number of benzene rings is 1. The first kappa shape index (κ1) is 19.3. The fourth-order valence-electron chi connectivity index (χ4n) is 1.10. The molecule has 0 aliphatic carbocycles. The summed E-state index contributed by atoms with van der Waals surface area (Å²) in [5, 5.41) is 0.726. The predicted molar refractivity (Wildman–Crippen MR) is 57.4 cm³/mol. The zero-order valence-electron chi connectivity index (χ0n) is 8.78. The Morgan fingerprint density at radius 1 is 1.12 bits per heavy atom. The van der Waals surface area contributed by atoms with Crippen molar-refractivity contribution in [1.29, 1.82) is 0 Å². The van der Waals surface area contributed by atoms with Gasteiger partial charge >= 0.3 is 29.6 Å². The van der Waals surface area contributed by atoms with Crippen LogP contribution in [-0.2, 0) is 10.1 Å². The summed E-state index contributed by atoms with van der Waals surface area (Å²) < 4.78 is 30.2. The SMILES string of the molecule is O.O.O=S(=O)([O-])C1(S)N=c2ccccc2=N1.[Na+]. The number of nitrogens with zero attached hydrogens (tertiary/aromatic N) is 2. The minimum atomic E-state index is -4.69. The van der Waals surface area contributed by atoms with Gasteiger partial charge in [-0.05, 0) is 12.1 Å². The minimum Gasteiger partial charge on any atom is -0.744 e. The van der Waals surface area contributed by atoms with E-state index in [-0.39, 0.29) is 40.5 Å². The molecule has 1 aromatic rings.